The van der Waals surface area contributed by atoms with Gasteiger partial charge in [0.05, 0.1) is 5.69 Å². The van der Waals surface area contributed by atoms with Crippen LogP contribution in [0.25, 0.3) is 0 Å². The molecule has 0 spiro atoms. The Balaban J connectivity index is 1.77. The third kappa shape index (κ3) is 3.98. The van der Waals surface area contributed by atoms with Crippen LogP contribution in [-0.2, 0) is 20.5 Å². The van der Waals surface area contributed by atoms with E-state index >= 15 is 0 Å². The molecule has 3 rings (SSSR count). The number of hydrogen-bond donors (Lipinski definition) is 3. The molecule has 1 heterocycles. The first-order valence-corrected chi connectivity index (χ1v) is 9.45. The van der Waals surface area contributed by atoms with Crippen molar-refractivity contribution in [2.24, 2.45) is 0 Å². The van der Waals surface area contributed by atoms with E-state index in [-0.39, 0.29) is 16.9 Å². The Hall–Kier alpha value is -3.42. The number of phenols is 1. The van der Waals surface area contributed by atoms with Crippen molar-refractivity contribution in [3.8, 4) is 5.75 Å². The number of nitrogens with one attached hydrogen (secondary N) is 2. The molecule has 2 aromatic carbocycles. The van der Waals surface area contributed by atoms with Crippen LogP contribution in [0.1, 0.15) is 38.8 Å². The minimum absolute atomic E-state index is 0.121. The number of nitrogens with zero attached hydrogens (tertiary/aromatic N) is 1. The number of rotatable bonds is 4. The highest BCUT2D eigenvalue weighted by Crippen LogP contribution is 2.31. The molecule has 0 aromatic heterocycles. The molecule has 1 unspecified atom stereocenters. The lowest BCUT2D eigenvalue weighted by molar-refractivity contribution is -0.133. The smallest absolute Gasteiger partial charge is 0.325 e. The molecule has 0 aliphatic carbocycles. The van der Waals surface area contributed by atoms with Gasteiger partial charge >= 0.3 is 6.03 Å². The summed E-state index contributed by atoms with van der Waals surface area (Å²) >= 11 is 0. The van der Waals surface area contributed by atoms with Gasteiger partial charge in [0.15, 0.2) is 0 Å². The minimum Gasteiger partial charge on any atom is -0.506 e. The maximum absolute atomic E-state index is 13.2. The van der Waals surface area contributed by atoms with Crippen LogP contribution in [0, 0.1) is 5.82 Å². The summed E-state index contributed by atoms with van der Waals surface area (Å²) in [5, 5.41) is 15.2. The molecule has 0 bridgehead atoms. The molecule has 1 atom stereocenters. The first-order chi connectivity index (χ1) is 13.9. The summed E-state index contributed by atoms with van der Waals surface area (Å²) < 4.78 is 13.2. The fraction of sp³-hybridized carbons (Fsp3) is 0.318. The fourth-order valence-corrected chi connectivity index (χ4v) is 3.26. The second-order valence-corrected chi connectivity index (χ2v) is 8.48. The predicted molar refractivity (Wildman–Crippen MR) is 109 cm³/mol. The van der Waals surface area contributed by atoms with Gasteiger partial charge in [-0.2, -0.15) is 0 Å². The molecule has 158 valence electrons. The topological polar surface area (TPSA) is 98.7 Å². The van der Waals surface area contributed by atoms with Gasteiger partial charge in [0.1, 0.15) is 23.7 Å². The number of carbonyl (C=O) groups excluding carboxylic acids is 3. The number of imide groups is 1. The lowest BCUT2D eigenvalue weighted by Gasteiger charge is -2.22. The van der Waals surface area contributed by atoms with E-state index in [0.717, 1.165) is 10.5 Å². The van der Waals surface area contributed by atoms with E-state index in [0.29, 0.717) is 5.56 Å². The molecule has 1 saturated heterocycles. The first-order valence-electron chi connectivity index (χ1n) is 9.45. The van der Waals surface area contributed by atoms with Crippen molar-refractivity contribution in [1.82, 2.24) is 10.2 Å². The zero-order valence-electron chi connectivity index (χ0n) is 17.2. The van der Waals surface area contributed by atoms with E-state index in [9.17, 15) is 23.9 Å². The van der Waals surface area contributed by atoms with E-state index < -0.39 is 35.7 Å². The molecule has 1 fully saturated rings. The van der Waals surface area contributed by atoms with E-state index in [2.05, 4.69) is 10.6 Å². The van der Waals surface area contributed by atoms with Crippen LogP contribution in [0.3, 0.4) is 0 Å². The Labute approximate surface area is 173 Å². The number of amides is 4. The maximum Gasteiger partial charge on any atom is 0.325 e. The number of phenolic OH excluding ortho intramolecular Hbond substituents is 1. The monoisotopic (exact) mass is 413 g/mol. The Kier molecular flexibility index (Phi) is 5.28. The van der Waals surface area contributed by atoms with Crippen molar-refractivity contribution in [2.75, 3.05) is 11.9 Å². The van der Waals surface area contributed by atoms with Gasteiger partial charge in [-0.3, -0.25) is 14.5 Å². The zero-order valence-corrected chi connectivity index (χ0v) is 17.2. The van der Waals surface area contributed by atoms with Gasteiger partial charge < -0.3 is 15.7 Å². The molecular formula is C22H24FN3O4. The lowest BCUT2D eigenvalue weighted by atomic mass is 9.87. The van der Waals surface area contributed by atoms with Crippen LogP contribution in [0.15, 0.2) is 42.5 Å². The molecule has 0 radical (unpaired) electrons. The number of aromatic hydroxyl groups is 1. The van der Waals surface area contributed by atoms with Gasteiger partial charge in [-0.1, -0.05) is 39.0 Å². The molecule has 1 aliphatic rings. The second kappa shape index (κ2) is 7.44. The number of urea groups is 1. The Morgan fingerprint density at radius 3 is 2.40 bits per heavy atom. The van der Waals surface area contributed by atoms with E-state index in [4.69, 9.17) is 0 Å². The normalized spacial score (nSPS) is 19.0. The highest BCUT2D eigenvalue weighted by molar-refractivity contribution is 6.10. The van der Waals surface area contributed by atoms with Crippen molar-refractivity contribution < 1.29 is 23.9 Å². The summed E-state index contributed by atoms with van der Waals surface area (Å²) in [4.78, 5) is 38.6. The molecule has 0 saturated carbocycles. The average Bonchev–Trinajstić information content (AvgIpc) is 2.87. The van der Waals surface area contributed by atoms with Crippen LogP contribution in [0.2, 0.25) is 0 Å². The quantitative estimate of drug-likeness (QED) is 0.529. The number of anilines is 1. The molecule has 7 nitrogen and oxygen atoms in total. The van der Waals surface area contributed by atoms with Gasteiger partial charge in [0.25, 0.3) is 5.91 Å². The van der Waals surface area contributed by atoms with Crippen molar-refractivity contribution in [2.45, 2.75) is 38.6 Å². The van der Waals surface area contributed by atoms with Gasteiger partial charge in [0, 0.05) is 0 Å². The molecular weight excluding hydrogens is 389 g/mol. The SMILES string of the molecule is CC(C)(C)c1ccc(O)c(NC(=O)CN2C(=O)NC(C)(c3ccc(F)cc3)C2=O)c1. The molecule has 8 heteroatoms. The molecule has 4 amide bonds. The highest BCUT2D eigenvalue weighted by atomic mass is 19.1. The summed E-state index contributed by atoms with van der Waals surface area (Å²) in [5.74, 6) is -1.84. The third-order valence-electron chi connectivity index (χ3n) is 5.13. The summed E-state index contributed by atoms with van der Waals surface area (Å²) in [5.41, 5.74) is -0.107. The number of carbonyl (C=O) groups is 3. The van der Waals surface area contributed by atoms with Gasteiger partial charge in [0.2, 0.25) is 5.91 Å². The predicted octanol–water partition coefficient (Wildman–Crippen LogP) is 3.23. The maximum atomic E-state index is 13.2. The summed E-state index contributed by atoms with van der Waals surface area (Å²) in [6, 6.07) is 9.38. The standard InChI is InChI=1S/C22H24FN3O4/c1-21(2,3)14-7-10-17(27)16(11-14)24-18(28)12-26-19(29)22(4,25-20(26)30)13-5-8-15(23)9-6-13/h5-11,27H,12H2,1-4H3,(H,24,28)(H,25,30). The van der Waals surface area contributed by atoms with Crippen LogP contribution < -0.4 is 10.6 Å². The Bertz CT molecular complexity index is 1010. The fourth-order valence-electron chi connectivity index (χ4n) is 3.26. The minimum atomic E-state index is -1.40. The number of benzene rings is 2. The zero-order chi connectivity index (χ0) is 22.3. The van der Waals surface area contributed by atoms with Gasteiger partial charge in [-0.25, -0.2) is 9.18 Å². The lowest BCUT2D eigenvalue weighted by Crippen LogP contribution is -2.42. The Morgan fingerprint density at radius 2 is 1.80 bits per heavy atom. The van der Waals surface area contributed by atoms with E-state index in [1.165, 1.54) is 37.3 Å². The van der Waals surface area contributed by atoms with Gasteiger partial charge in [-0.05, 0) is 47.7 Å². The molecule has 2 aromatic rings. The van der Waals surface area contributed by atoms with Crippen molar-refractivity contribution in [1.29, 1.82) is 0 Å². The summed E-state index contributed by atoms with van der Waals surface area (Å²) in [6.45, 7) is 6.95. The van der Waals surface area contributed by atoms with Crippen LogP contribution >= 0.6 is 0 Å². The first kappa shape index (κ1) is 21.3. The third-order valence-corrected chi connectivity index (χ3v) is 5.13. The van der Waals surface area contributed by atoms with E-state index in [1.807, 2.05) is 20.8 Å². The second-order valence-electron chi connectivity index (χ2n) is 8.48. The molecule has 1 aliphatic heterocycles. The highest BCUT2D eigenvalue weighted by Gasteiger charge is 2.49. The van der Waals surface area contributed by atoms with Crippen LogP contribution in [0.5, 0.6) is 5.75 Å². The van der Waals surface area contributed by atoms with Crippen LogP contribution in [-0.4, -0.2) is 34.4 Å². The number of halogens is 1. The van der Waals surface area contributed by atoms with Crippen molar-refractivity contribution in [3.63, 3.8) is 0 Å². The van der Waals surface area contributed by atoms with Crippen molar-refractivity contribution >= 4 is 23.5 Å². The summed E-state index contributed by atoms with van der Waals surface area (Å²) in [7, 11) is 0. The number of hydrogen-bond acceptors (Lipinski definition) is 4. The molecule has 3 N–H and O–H groups in total. The largest absolute Gasteiger partial charge is 0.506 e. The summed E-state index contributed by atoms with van der Waals surface area (Å²) in [6.07, 6.45) is 0. The molecule has 30 heavy (non-hydrogen) atoms. The van der Waals surface area contributed by atoms with E-state index in [1.54, 1.807) is 12.1 Å². The Morgan fingerprint density at radius 1 is 1.17 bits per heavy atom. The van der Waals surface area contributed by atoms with Gasteiger partial charge in [-0.15, -0.1) is 0 Å². The van der Waals surface area contributed by atoms with Crippen molar-refractivity contribution in [3.05, 3.63) is 59.4 Å². The average molecular weight is 413 g/mol. The van der Waals surface area contributed by atoms with Crippen LogP contribution in [0.4, 0.5) is 14.9 Å².